The summed E-state index contributed by atoms with van der Waals surface area (Å²) >= 11 is 1.52. The Labute approximate surface area is 147 Å². The van der Waals surface area contributed by atoms with Gasteiger partial charge in [-0.25, -0.2) is 13.4 Å². The Morgan fingerprint density at radius 2 is 2.04 bits per heavy atom. The number of nitrogens with one attached hydrogen (secondary N) is 1. The number of thiazole rings is 1. The Kier molecular flexibility index (Phi) is 5.77. The fourth-order valence-electron chi connectivity index (χ4n) is 2.33. The summed E-state index contributed by atoms with van der Waals surface area (Å²) in [6, 6.07) is 5.91. The van der Waals surface area contributed by atoms with E-state index in [-0.39, 0.29) is 16.8 Å². The fraction of sp³-hybridized carbons (Fsp3) is 0.412. The number of rotatable bonds is 6. The lowest BCUT2D eigenvalue weighted by Crippen LogP contribution is -2.29. The lowest BCUT2D eigenvalue weighted by molar-refractivity contribution is 0.0931. The molecule has 0 aliphatic rings. The largest absolute Gasteiger partial charge is 0.343 e. The minimum Gasteiger partial charge on any atom is -0.343 e. The molecule has 1 atom stereocenters. The normalized spacial score (nSPS) is 13.0. The van der Waals surface area contributed by atoms with Gasteiger partial charge in [0.05, 0.1) is 10.9 Å². The summed E-state index contributed by atoms with van der Waals surface area (Å²) in [6.45, 7) is 6.09. The van der Waals surface area contributed by atoms with Crippen LogP contribution in [0.5, 0.6) is 0 Å². The molecule has 130 valence electrons. The molecule has 0 bridgehead atoms. The van der Waals surface area contributed by atoms with E-state index in [0.29, 0.717) is 11.5 Å². The Morgan fingerprint density at radius 1 is 1.33 bits per heavy atom. The number of aromatic nitrogens is 1. The quantitative estimate of drug-likeness (QED) is 0.850. The summed E-state index contributed by atoms with van der Waals surface area (Å²) in [7, 11) is -3.35. The van der Waals surface area contributed by atoms with Gasteiger partial charge in [0, 0.05) is 22.9 Å². The molecule has 1 heterocycles. The van der Waals surface area contributed by atoms with Gasteiger partial charge in [0.1, 0.15) is 5.01 Å². The summed E-state index contributed by atoms with van der Waals surface area (Å²) in [6.07, 6.45) is 1.90. The van der Waals surface area contributed by atoms with Gasteiger partial charge in [-0.1, -0.05) is 19.9 Å². The molecule has 1 amide bonds. The zero-order chi connectivity index (χ0) is 17.9. The molecule has 0 radical (unpaired) electrons. The van der Waals surface area contributed by atoms with Crippen LogP contribution in [0.25, 0.3) is 0 Å². The van der Waals surface area contributed by atoms with Gasteiger partial charge in [0.15, 0.2) is 9.84 Å². The Morgan fingerprint density at radius 3 is 2.58 bits per heavy atom. The molecule has 5 nitrogen and oxygen atoms in total. The molecule has 0 saturated heterocycles. The van der Waals surface area contributed by atoms with E-state index < -0.39 is 9.84 Å². The van der Waals surface area contributed by atoms with Gasteiger partial charge in [-0.05, 0) is 37.5 Å². The predicted octanol–water partition coefficient (Wildman–Crippen LogP) is 3.37. The van der Waals surface area contributed by atoms with E-state index in [4.69, 9.17) is 0 Å². The van der Waals surface area contributed by atoms with Crippen LogP contribution in [-0.2, 0) is 9.84 Å². The van der Waals surface area contributed by atoms with Gasteiger partial charge in [-0.3, -0.25) is 4.79 Å². The first-order valence-corrected chi connectivity index (χ1v) is 10.5. The highest BCUT2D eigenvalue weighted by atomic mass is 32.2. The van der Waals surface area contributed by atoms with Gasteiger partial charge >= 0.3 is 0 Å². The molecule has 0 aliphatic carbocycles. The smallest absolute Gasteiger partial charge is 0.251 e. The van der Waals surface area contributed by atoms with Gasteiger partial charge in [0.2, 0.25) is 0 Å². The van der Waals surface area contributed by atoms with Crippen molar-refractivity contribution in [3.8, 4) is 0 Å². The molecule has 1 N–H and O–H groups in total. The Hall–Kier alpha value is -1.73. The maximum Gasteiger partial charge on any atom is 0.251 e. The highest BCUT2D eigenvalue weighted by molar-refractivity contribution is 7.90. The van der Waals surface area contributed by atoms with Crippen molar-refractivity contribution in [1.82, 2.24) is 10.3 Å². The summed E-state index contributed by atoms with van der Waals surface area (Å²) in [5, 5.41) is 5.81. The summed E-state index contributed by atoms with van der Waals surface area (Å²) in [5.41, 5.74) is 1.26. The van der Waals surface area contributed by atoms with Crippen LogP contribution in [0, 0.1) is 12.8 Å². The predicted molar refractivity (Wildman–Crippen MR) is 96.1 cm³/mol. The molecular weight excluding hydrogens is 344 g/mol. The van der Waals surface area contributed by atoms with Crippen LogP contribution in [-0.4, -0.2) is 25.6 Å². The summed E-state index contributed by atoms with van der Waals surface area (Å²) in [5.74, 6) is 0.0980. The number of sulfone groups is 1. The zero-order valence-corrected chi connectivity index (χ0v) is 15.9. The second kappa shape index (κ2) is 7.44. The number of nitrogens with zero attached hydrogens (tertiary/aromatic N) is 1. The molecule has 2 rings (SSSR count). The van der Waals surface area contributed by atoms with Crippen molar-refractivity contribution in [3.05, 3.63) is 45.9 Å². The summed E-state index contributed by atoms with van der Waals surface area (Å²) in [4.78, 5) is 17.2. The monoisotopic (exact) mass is 366 g/mol. The summed E-state index contributed by atoms with van der Waals surface area (Å²) < 4.78 is 23.3. The first-order chi connectivity index (χ1) is 11.2. The molecule has 24 heavy (non-hydrogen) atoms. The van der Waals surface area contributed by atoms with Crippen molar-refractivity contribution < 1.29 is 13.2 Å². The van der Waals surface area contributed by atoms with E-state index in [9.17, 15) is 13.2 Å². The molecule has 1 aromatic heterocycles. The number of carbonyl (C=O) groups is 1. The van der Waals surface area contributed by atoms with Crippen LogP contribution in [0.4, 0.5) is 0 Å². The van der Waals surface area contributed by atoms with E-state index in [1.165, 1.54) is 23.5 Å². The van der Waals surface area contributed by atoms with Crippen LogP contribution in [0.3, 0.4) is 0 Å². The van der Waals surface area contributed by atoms with Crippen molar-refractivity contribution in [2.45, 2.75) is 38.1 Å². The van der Waals surface area contributed by atoms with Crippen molar-refractivity contribution in [1.29, 1.82) is 0 Å². The van der Waals surface area contributed by atoms with Gasteiger partial charge in [-0.2, -0.15) is 0 Å². The van der Waals surface area contributed by atoms with Crippen molar-refractivity contribution in [2.75, 3.05) is 6.26 Å². The van der Waals surface area contributed by atoms with Crippen LogP contribution in [0.15, 0.2) is 34.5 Å². The topological polar surface area (TPSA) is 76.1 Å². The molecule has 0 fully saturated rings. The SMILES string of the molecule is Cc1csc(C(CC(C)C)NC(=O)c2cccc(S(C)(=O)=O)c2)n1. The number of benzene rings is 1. The lowest BCUT2D eigenvalue weighted by atomic mass is 10.0. The fourth-order valence-corrected chi connectivity index (χ4v) is 3.86. The van der Waals surface area contributed by atoms with E-state index in [1.807, 2.05) is 12.3 Å². The van der Waals surface area contributed by atoms with Gasteiger partial charge in [-0.15, -0.1) is 11.3 Å². The molecule has 0 saturated carbocycles. The second-order valence-electron chi connectivity index (χ2n) is 6.28. The third-order valence-corrected chi connectivity index (χ3v) is 5.66. The van der Waals surface area contributed by atoms with Crippen LogP contribution < -0.4 is 5.32 Å². The number of hydrogen-bond acceptors (Lipinski definition) is 5. The molecule has 1 unspecified atom stereocenters. The van der Waals surface area contributed by atoms with Gasteiger partial charge in [0.25, 0.3) is 5.91 Å². The van der Waals surface area contributed by atoms with Gasteiger partial charge < -0.3 is 5.32 Å². The lowest BCUT2D eigenvalue weighted by Gasteiger charge is -2.18. The molecular formula is C17H22N2O3S2. The number of hydrogen-bond donors (Lipinski definition) is 1. The van der Waals surface area contributed by atoms with Crippen LogP contribution in [0.2, 0.25) is 0 Å². The van der Waals surface area contributed by atoms with E-state index in [2.05, 4.69) is 24.1 Å². The standard InChI is InChI=1S/C17H22N2O3S2/c1-11(2)8-15(17-18-12(3)10-23-17)19-16(20)13-6-5-7-14(9-13)24(4,21)22/h5-7,9-11,15H,8H2,1-4H3,(H,19,20). The maximum atomic E-state index is 12.6. The van der Waals surface area contributed by atoms with E-state index in [1.54, 1.807) is 12.1 Å². The minimum atomic E-state index is -3.35. The Balaban J connectivity index is 2.24. The molecule has 2 aromatic rings. The number of aryl methyl sites for hydroxylation is 1. The van der Waals surface area contributed by atoms with E-state index >= 15 is 0 Å². The number of amides is 1. The first-order valence-electron chi connectivity index (χ1n) is 7.70. The van der Waals surface area contributed by atoms with Crippen LogP contribution in [0.1, 0.15) is 47.4 Å². The minimum absolute atomic E-state index is 0.139. The maximum absolute atomic E-state index is 12.6. The first kappa shape index (κ1) is 18.6. The highest BCUT2D eigenvalue weighted by Gasteiger charge is 2.20. The molecule has 0 aliphatic heterocycles. The molecule has 1 aromatic carbocycles. The third-order valence-electron chi connectivity index (χ3n) is 3.47. The Bertz CT molecular complexity index is 826. The average Bonchev–Trinajstić information content (AvgIpc) is 2.92. The average molecular weight is 367 g/mol. The highest BCUT2D eigenvalue weighted by Crippen LogP contribution is 2.25. The van der Waals surface area contributed by atoms with Crippen molar-refractivity contribution in [3.63, 3.8) is 0 Å². The number of carbonyl (C=O) groups excluding carboxylic acids is 1. The van der Waals surface area contributed by atoms with Crippen LogP contribution >= 0.6 is 11.3 Å². The van der Waals surface area contributed by atoms with Crippen molar-refractivity contribution in [2.24, 2.45) is 5.92 Å². The molecule has 0 spiro atoms. The second-order valence-corrected chi connectivity index (χ2v) is 9.19. The van der Waals surface area contributed by atoms with E-state index in [0.717, 1.165) is 23.4 Å². The molecule has 7 heteroatoms. The van der Waals surface area contributed by atoms with Crippen molar-refractivity contribution >= 4 is 27.1 Å². The zero-order valence-electron chi connectivity index (χ0n) is 14.2. The third kappa shape index (κ3) is 4.88.